The number of hydrogen-bond acceptors (Lipinski definition) is 5. The highest BCUT2D eigenvalue weighted by Gasteiger charge is 2.34. The van der Waals surface area contributed by atoms with Gasteiger partial charge < -0.3 is 4.74 Å². The third-order valence-electron chi connectivity index (χ3n) is 6.77. The topological polar surface area (TPSA) is 86.5 Å². The molecule has 0 spiro atoms. The van der Waals surface area contributed by atoms with Crippen LogP contribution in [0.25, 0.3) is 0 Å². The smallest absolute Gasteiger partial charge is 0.403 e. The molecule has 0 radical (unpaired) electrons. The Balaban J connectivity index is 2.82. The zero-order valence-electron chi connectivity index (χ0n) is 22.0. The minimum atomic E-state index is -0.976. The highest BCUT2D eigenvalue weighted by atomic mass is 35.5. The maximum absolute atomic E-state index is 12.9. The summed E-state index contributed by atoms with van der Waals surface area (Å²) in [6.45, 7) is 8.46. The van der Waals surface area contributed by atoms with Crippen LogP contribution in [0.3, 0.4) is 0 Å². The van der Waals surface area contributed by atoms with Crippen molar-refractivity contribution in [3.63, 3.8) is 0 Å². The number of halogens is 1. The molecule has 0 saturated heterocycles. The van der Waals surface area contributed by atoms with Crippen molar-refractivity contribution >= 4 is 35.8 Å². The van der Waals surface area contributed by atoms with Crippen LogP contribution in [-0.2, 0) is 4.74 Å². The number of carbonyl (C=O) groups is 2. The lowest BCUT2D eigenvalue weighted by Crippen LogP contribution is -2.13. The van der Waals surface area contributed by atoms with Crippen molar-refractivity contribution in [1.82, 2.24) is 0 Å². The number of nitro benzene ring substituents is 1. The van der Waals surface area contributed by atoms with Crippen LogP contribution in [0, 0.1) is 10.1 Å². The first-order valence-electron chi connectivity index (χ1n) is 13.2. The standard InChI is InChI=1S/C27H44ClNO5P/c1-5-8-16-35(17-9-6-2,18-10-7-3)19-12-11-13-26(30)23-14-15-24(25(20-23)29(32)33)22(4)21-34-27(28)31/h14-15,20,22H,5-13,16-19,21H2,1-4H3/q+1. The molecule has 1 aromatic carbocycles. The van der Waals surface area contributed by atoms with Gasteiger partial charge in [0.1, 0.15) is 0 Å². The van der Waals surface area contributed by atoms with Gasteiger partial charge in [0.15, 0.2) is 5.78 Å². The first-order valence-corrected chi connectivity index (χ1v) is 16.1. The number of rotatable bonds is 19. The zero-order valence-corrected chi connectivity index (χ0v) is 23.7. The van der Waals surface area contributed by atoms with Gasteiger partial charge in [-0.15, -0.1) is 0 Å². The molecule has 8 heteroatoms. The van der Waals surface area contributed by atoms with E-state index in [1.165, 1.54) is 69.2 Å². The SMILES string of the molecule is CCCC[P+](CCCC)(CCCC)CCCCC(=O)c1ccc(C(C)COC(=O)Cl)c([N+](=O)[O-])c1. The molecule has 1 unspecified atom stereocenters. The molecule has 0 aliphatic rings. The number of nitrogens with zero attached hydrogens (tertiary/aromatic N) is 1. The lowest BCUT2D eigenvalue weighted by atomic mass is 9.96. The average Bonchev–Trinajstić information content (AvgIpc) is 2.85. The summed E-state index contributed by atoms with van der Waals surface area (Å²) in [5.74, 6) is -0.465. The third-order valence-corrected chi connectivity index (χ3v) is 11.9. The molecule has 0 amide bonds. The molecule has 0 aliphatic carbocycles. The molecule has 0 heterocycles. The maximum Gasteiger partial charge on any atom is 0.403 e. The van der Waals surface area contributed by atoms with Gasteiger partial charge in [-0.3, -0.25) is 14.9 Å². The van der Waals surface area contributed by atoms with E-state index < -0.39 is 23.5 Å². The quantitative estimate of drug-likeness (QED) is 0.0447. The second-order valence-electron chi connectivity index (χ2n) is 9.66. The van der Waals surface area contributed by atoms with Crippen molar-refractivity contribution in [2.75, 3.05) is 31.3 Å². The van der Waals surface area contributed by atoms with Crippen molar-refractivity contribution in [2.24, 2.45) is 0 Å². The second kappa shape index (κ2) is 17.0. The molecule has 1 atom stereocenters. The monoisotopic (exact) mass is 528 g/mol. The van der Waals surface area contributed by atoms with Crippen LogP contribution in [-0.4, -0.2) is 47.4 Å². The highest BCUT2D eigenvalue weighted by molar-refractivity contribution is 7.75. The Labute approximate surface area is 217 Å². The number of benzene rings is 1. The van der Waals surface area contributed by atoms with Gasteiger partial charge >= 0.3 is 5.43 Å². The number of ketones is 1. The van der Waals surface area contributed by atoms with E-state index in [1.54, 1.807) is 19.1 Å². The molecular weight excluding hydrogens is 485 g/mol. The van der Waals surface area contributed by atoms with E-state index in [-0.39, 0.29) is 18.1 Å². The van der Waals surface area contributed by atoms with Crippen molar-refractivity contribution < 1.29 is 19.2 Å². The summed E-state index contributed by atoms with van der Waals surface area (Å²) in [4.78, 5) is 34.9. The van der Waals surface area contributed by atoms with Gasteiger partial charge in [0.25, 0.3) is 5.69 Å². The van der Waals surface area contributed by atoms with Crippen molar-refractivity contribution in [1.29, 1.82) is 0 Å². The number of ether oxygens (including phenoxy) is 1. The van der Waals surface area contributed by atoms with E-state index >= 15 is 0 Å². The van der Waals surface area contributed by atoms with E-state index in [0.717, 1.165) is 12.8 Å². The molecule has 198 valence electrons. The van der Waals surface area contributed by atoms with Crippen LogP contribution in [0.5, 0.6) is 0 Å². The van der Waals surface area contributed by atoms with E-state index in [2.05, 4.69) is 20.8 Å². The van der Waals surface area contributed by atoms with Crippen LogP contribution in [0.1, 0.15) is 107 Å². The van der Waals surface area contributed by atoms with Gasteiger partial charge in [0.05, 0.1) is 36.2 Å². The first kappa shape index (κ1) is 31.5. The fourth-order valence-electron chi connectivity index (χ4n) is 4.60. The predicted octanol–water partition coefficient (Wildman–Crippen LogP) is 8.84. The summed E-state index contributed by atoms with van der Waals surface area (Å²) in [5, 5.41) is 11.6. The van der Waals surface area contributed by atoms with Gasteiger partial charge in [-0.2, -0.15) is 0 Å². The van der Waals surface area contributed by atoms with Crippen LogP contribution in [0.15, 0.2) is 18.2 Å². The molecule has 35 heavy (non-hydrogen) atoms. The fourth-order valence-corrected chi connectivity index (χ4v) is 9.86. The normalized spacial score (nSPS) is 12.4. The summed E-state index contributed by atoms with van der Waals surface area (Å²) in [7, 11) is -0.976. The molecule has 6 nitrogen and oxygen atoms in total. The Hall–Kier alpha value is -1.52. The van der Waals surface area contributed by atoms with Gasteiger partial charge in [0, 0.05) is 48.4 Å². The van der Waals surface area contributed by atoms with E-state index in [4.69, 9.17) is 16.3 Å². The predicted molar refractivity (Wildman–Crippen MR) is 148 cm³/mol. The molecule has 0 bridgehead atoms. The van der Waals surface area contributed by atoms with Crippen LogP contribution < -0.4 is 0 Å². The Kier molecular flexibility index (Phi) is 15.3. The summed E-state index contributed by atoms with van der Waals surface area (Å²) in [6, 6.07) is 4.59. The fraction of sp³-hybridized carbons (Fsp3) is 0.704. The summed E-state index contributed by atoms with van der Waals surface area (Å²) in [5.41, 5.74) is -0.290. The Bertz CT molecular complexity index is 795. The maximum atomic E-state index is 12.9. The van der Waals surface area contributed by atoms with Gasteiger partial charge in [-0.25, -0.2) is 4.79 Å². The van der Waals surface area contributed by atoms with E-state index in [9.17, 15) is 19.7 Å². The molecule has 1 rings (SSSR count). The summed E-state index contributed by atoms with van der Waals surface area (Å²) >= 11 is 5.20. The van der Waals surface area contributed by atoms with Gasteiger partial charge in [0.2, 0.25) is 0 Å². The van der Waals surface area contributed by atoms with Crippen molar-refractivity contribution in [3.8, 4) is 0 Å². The molecule has 1 aromatic rings. The Morgan fingerprint density at radius 1 is 0.971 bits per heavy atom. The molecule has 0 fully saturated rings. The second-order valence-corrected chi connectivity index (χ2v) is 14.4. The molecule has 0 aliphatic heterocycles. The Morgan fingerprint density at radius 3 is 2.00 bits per heavy atom. The first-order chi connectivity index (χ1) is 16.7. The molecule has 0 N–H and O–H groups in total. The molecule has 0 aromatic heterocycles. The molecular formula is C27H44ClNO5P+. The van der Waals surface area contributed by atoms with Crippen LogP contribution >= 0.6 is 18.9 Å². The van der Waals surface area contributed by atoms with E-state index in [1.807, 2.05) is 0 Å². The number of hydrogen-bond donors (Lipinski definition) is 0. The van der Waals surface area contributed by atoms with E-state index in [0.29, 0.717) is 17.5 Å². The highest BCUT2D eigenvalue weighted by Crippen LogP contribution is 2.61. The average molecular weight is 529 g/mol. The number of unbranched alkanes of at least 4 members (excludes halogenated alkanes) is 4. The Morgan fingerprint density at radius 2 is 1.51 bits per heavy atom. The number of Topliss-reactive ketones (excluding diaryl/α,β-unsaturated/α-hetero) is 1. The summed E-state index contributed by atoms with van der Waals surface area (Å²) < 4.78 is 4.78. The minimum absolute atomic E-state index is 0.0564. The number of nitro groups is 1. The van der Waals surface area contributed by atoms with Crippen molar-refractivity contribution in [3.05, 3.63) is 39.4 Å². The third kappa shape index (κ3) is 11.4. The number of carbonyl (C=O) groups excluding carboxylic acids is 2. The lowest BCUT2D eigenvalue weighted by Gasteiger charge is -2.28. The van der Waals surface area contributed by atoms with Gasteiger partial charge in [-0.05, 0) is 32.1 Å². The molecule has 0 saturated carbocycles. The van der Waals surface area contributed by atoms with Crippen LogP contribution in [0.4, 0.5) is 10.5 Å². The minimum Gasteiger partial charge on any atom is -0.453 e. The summed E-state index contributed by atoms with van der Waals surface area (Å²) in [6.07, 6.45) is 15.3. The van der Waals surface area contributed by atoms with Crippen molar-refractivity contribution in [2.45, 2.75) is 91.4 Å². The van der Waals surface area contributed by atoms with Crippen LogP contribution in [0.2, 0.25) is 0 Å². The van der Waals surface area contributed by atoms with Gasteiger partial charge in [-0.1, -0.05) is 59.1 Å². The lowest BCUT2D eigenvalue weighted by molar-refractivity contribution is -0.385. The largest absolute Gasteiger partial charge is 0.453 e. The zero-order chi connectivity index (χ0) is 26.3.